The minimum Gasteiger partial charge on any atom is -0.358 e. The van der Waals surface area contributed by atoms with Crippen molar-refractivity contribution in [3.8, 4) is 0 Å². The molecule has 4 nitrogen and oxygen atoms in total. The molecule has 94 valence electrons. The van der Waals surface area contributed by atoms with E-state index in [-0.39, 0.29) is 0 Å². The van der Waals surface area contributed by atoms with Crippen molar-refractivity contribution in [3.63, 3.8) is 0 Å². The van der Waals surface area contributed by atoms with E-state index in [0.717, 1.165) is 17.0 Å². The highest BCUT2D eigenvalue weighted by atomic mass is 79.9. The van der Waals surface area contributed by atoms with Gasteiger partial charge in [-0.25, -0.2) is 9.97 Å². The highest BCUT2D eigenvalue weighted by Gasteiger charge is 2.40. The topological polar surface area (TPSA) is 32.3 Å². The van der Waals surface area contributed by atoms with Gasteiger partial charge in [-0.1, -0.05) is 0 Å². The largest absolute Gasteiger partial charge is 0.358 e. The number of hydrogen-bond acceptors (Lipinski definition) is 4. The second-order valence-electron chi connectivity index (χ2n) is 5.03. The monoisotopic (exact) mass is 298 g/mol. The minimum atomic E-state index is 0.326. The van der Waals surface area contributed by atoms with E-state index < -0.39 is 0 Å². The van der Waals surface area contributed by atoms with Crippen LogP contribution in [0.3, 0.4) is 0 Å². The Morgan fingerprint density at radius 2 is 2.00 bits per heavy atom. The van der Waals surface area contributed by atoms with E-state index in [4.69, 9.17) is 0 Å². The molecule has 1 aromatic heterocycles. The van der Waals surface area contributed by atoms with Gasteiger partial charge in [0.05, 0.1) is 0 Å². The average molecular weight is 299 g/mol. The predicted molar refractivity (Wildman–Crippen MR) is 73.3 cm³/mol. The molecule has 2 rings (SSSR count). The Hall–Kier alpha value is -0.680. The van der Waals surface area contributed by atoms with Crippen molar-refractivity contribution in [2.24, 2.45) is 0 Å². The summed E-state index contributed by atoms with van der Waals surface area (Å²) in [6, 6.07) is 1.96. The molecule has 0 saturated heterocycles. The van der Waals surface area contributed by atoms with E-state index in [1.54, 1.807) is 6.33 Å². The maximum atomic E-state index is 4.31. The molecule has 0 aromatic carbocycles. The van der Waals surface area contributed by atoms with Crippen molar-refractivity contribution in [2.45, 2.75) is 24.8 Å². The van der Waals surface area contributed by atoms with Gasteiger partial charge in [-0.15, -0.1) is 0 Å². The van der Waals surface area contributed by atoms with Crippen molar-refractivity contribution in [3.05, 3.63) is 17.0 Å². The smallest absolute Gasteiger partial charge is 0.132 e. The molecule has 5 heteroatoms. The first-order chi connectivity index (χ1) is 8.03. The standard InChI is InChI=1S/C12H19BrN4/c1-16(2)12(5-4-6-12)8-17(3)11-7-10(13)14-9-15-11/h7,9H,4-6,8H2,1-3H3. The normalized spacial score (nSPS) is 17.9. The van der Waals surface area contributed by atoms with E-state index in [1.165, 1.54) is 19.3 Å². The van der Waals surface area contributed by atoms with Crippen LogP contribution in [0.25, 0.3) is 0 Å². The summed E-state index contributed by atoms with van der Waals surface area (Å²) in [5.41, 5.74) is 0.326. The summed E-state index contributed by atoms with van der Waals surface area (Å²) in [5, 5.41) is 0. The van der Waals surface area contributed by atoms with Gasteiger partial charge in [0.1, 0.15) is 16.7 Å². The first-order valence-corrected chi connectivity index (χ1v) is 6.69. The molecule has 1 heterocycles. The second-order valence-corrected chi connectivity index (χ2v) is 5.84. The second kappa shape index (κ2) is 4.90. The predicted octanol–water partition coefficient (Wildman–Crippen LogP) is 2.16. The maximum absolute atomic E-state index is 4.31. The van der Waals surface area contributed by atoms with Crippen LogP contribution in [0, 0.1) is 0 Å². The summed E-state index contributed by atoms with van der Waals surface area (Å²) in [6.45, 7) is 1.02. The van der Waals surface area contributed by atoms with Crippen LogP contribution in [0.2, 0.25) is 0 Å². The Labute approximate surface area is 111 Å². The van der Waals surface area contributed by atoms with Crippen molar-refractivity contribution in [1.29, 1.82) is 0 Å². The van der Waals surface area contributed by atoms with Crippen LogP contribution in [0.5, 0.6) is 0 Å². The van der Waals surface area contributed by atoms with Gasteiger partial charge in [0.15, 0.2) is 0 Å². The van der Waals surface area contributed by atoms with Crippen LogP contribution in [-0.4, -0.2) is 48.1 Å². The minimum absolute atomic E-state index is 0.326. The molecule has 0 spiro atoms. The summed E-state index contributed by atoms with van der Waals surface area (Å²) < 4.78 is 0.835. The molecule has 0 unspecified atom stereocenters. The summed E-state index contributed by atoms with van der Waals surface area (Å²) in [4.78, 5) is 12.9. The van der Waals surface area contributed by atoms with Gasteiger partial charge < -0.3 is 9.80 Å². The molecular formula is C12H19BrN4. The van der Waals surface area contributed by atoms with Crippen LogP contribution >= 0.6 is 15.9 Å². The summed E-state index contributed by atoms with van der Waals surface area (Å²) in [7, 11) is 6.43. The molecule has 1 aliphatic rings. The van der Waals surface area contributed by atoms with Gasteiger partial charge >= 0.3 is 0 Å². The fourth-order valence-corrected chi connectivity index (χ4v) is 2.68. The van der Waals surface area contributed by atoms with Gasteiger partial charge in [0, 0.05) is 25.2 Å². The first kappa shape index (κ1) is 12.8. The lowest BCUT2D eigenvalue weighted by Crippen LogP contribution is -2.56. The third-order valence-electron chi connectivity index (χ3n) is 3.77. The Morgan fingerprint density at radius 1 is 1.29 bits per heavy atom. The van der Waals surface area contributed by atoms with E-state index in [1.807, 2.05) is 6.07 Å². The highest BCUT2D eigenvalue weighted by Crippen LogP contribution is 2.37. The molecule has 0 amide bonds. The lowest BCUT2D eigenvalue weighted by atomic mass is 9.75. The first-order valence-electron chi connectivity index (χ1n) is 5.90. The SMILES string of the molecule is CN(CC1(N(C)C)CCC1)c1cc(Br)ncn1. The van der Waals surface area contributed by atoms with Crippen molar-refractivity contribution < 1.29 is 0 Å². The van der Waals surface area contributed by atoms with Crippen molar-refractivity contribution in [2.75, 3.05) is 32.6 Å². The molecule has 1 saturated carbocycles. The molecule has 0 radical (unpaired) electrons. The fourth-order valence-electron chi connectivity index (χ4n) is 2.39. The van der Waals surface area contributed by atoms with Crippen LogP contribution in [-0.2, 0) is 0 Å². The summed E-state index contributed by atoms with van der Waals surface area (Å²) in [5.74, 6) is 0.972. The average Bonchev–Trinajstić information content (AvgIpc) is 2.22. The zero-order valence-electron chi connectivity index (χ0n) is 10.6. The van der Waals surface area contributed by atoms with Crippen LogP contribution in [0.4, 0.5) is 5.82 Å². The van der Waals surface area contributed by atoms with Crippen LogP contribution < -0.4 is 4.90 Å². The quantitative estimate of drug-likeness (QED) is 0.798. The van der Waals surface area contributed by atoms with E-state index in [2.05, 4.69) is 56.8 Å². The van der Waals surface area contributed by atoms with Gasteiger partial charge in [-0.05, 0) is 49.3 Å². The molecule has 0 atom stereocenters. The summed E-state index contributed by atoms with van der Waals surface area (Å²) >= 11 is 3.38. The Balaban J connectivity index is 2.08. The van der Waals surface area contributed by atoms with Crippen LogP contribution in [0.15, 0.2) is 17.0 Å². The molecule has 1 aromatic rings. The zero-order valence-corrected chi connectivity index (χ0v) is 12.2. The number of aromatic nitrogens is 2. The highest BCUT2D eigenvalue weighted by molar-refractivity contribution is 9.10. The number of likely N-dealkylation sites (N-methyl/N-ethyl adjacent to an activating group) is 2. The lowest BCUT2D eigenvalue weighted by Gasteiger charge is -2.49. The number of hydrogen-bond donors (Lipinski definition) is 0. The van der Waals surface area contributed by atoms with Gasteiger partial charge in [0.2, 0.25) is 0 Å². The number of halogens is 1. The van der Waals surface area contributed by atoms with E-state index in [9.17, 15) is 0 Å². The van der Waals surface area contributed by atoms with Crippen LogP contribution in [0.1, 0.15) is 19.3 Å². The Morgan fingerprint density at radius 3 is 2.47 bits per heavy atom. The molecule has 17 heavy (non-hydrogen) atoms. The third kappa shape index (κ3) is 2.60. The number of anilines is 1. The Kier molecular flexibility index (Phi) is 3.68. The third-order valence-corrected chi connectivity index (χ3v) is 4.21. The lowest BCUT2D eigenvalue weighted by molar-refractivity contribution is 0.0682. The van der Waals surface area contributed by atoms with Gasteiger partial charge in [-0.2, -0.15) is 0 Å². The van der Waals surface area contributed by atoms with Gasteiger partial charge in [0.25, 0.3) is 0 Å². The molecule has 0 bridgehead atoms. The maximum Gasteiger partial charge on any atom is 0.132 e. The zero-order chi connectivity index (χ0) is 12.5. The molecule has 0 N–H and O–H groups in total. The number of nitrogens with zero attached hydrogens (tertiary/aromatic N) is 4. The number of rotatable bonds is 4. The molecule has 1 aliphatic carbocycles. The van der Waals surface area contributed by atoms with E-state index >= 15 is 0 Å². The molecular weight excluding hydrogens is 280 g/mol. The summed E-state index contributed by atoms with van der Waals surface area (Å²) in [6.07, 6.45) is 5.48. The Bertz CT molecular complexity index is 390. The van der Waals surface area contributed by atoms with Crippen molar-refractivity contribution in [1.82, 2.24) is 14.9 Å². The van der Waals surface area contributed by atoms with Gasteiger partial charge in [-0.3, -0.25) is 0 Å². The molecule has 0 aliphatic heterocycles. The molecule has 1 fully saturated rings. The van der Waals surface area contributed by atoms with E-state index in [0.29, 0.717) is 5.54 Å². The van der Waals surface area contributed by atoms with Crippen molar-refractivity contribution >= 4 is 21.7 Å². The fraction of sp³-hybridized carbons (Fsp3) is 0.667.